The van der Waals surface area contributed by atoms with E-state index in [1.54, 1.807) is 16.2 Å². The number of thiazole rings is 1. The normalized spacial score (nSPS) is 10.9. The van der Waals surface area contributed by atoms with Crippen molar-refractivity contribution in [2.75, 3.05) is 11.4 Å². The van der Waals surface area contributed by atoms with Crippen LogP contribution in [0.15, 0.2) is 65.4 Å². The smallest absolute Gasteiger partial charge is 0.277 e. The summed E-state index contributed by atoms with van der Waals surface area (Å²) in [4.78, 5) is 20.5. The van der Waals surface area contributed by atoms with E-state index in [1.165, 1.54) is 11.3 Å². The lowest BCUT2D eigenvalue weighted by atomic mass is 10.1. The molecule has 0 spiro atoms. The molecule has 5 heteroatoms. The molecule has 3 nitrogen and oxygen atoms in total. The molecule has 0 aliphatic heterocycles. The minimum Gasteiger partial charge on any atom is -0.307 e. The first kappa shape index (κ1) is 16.0. The van der Waals surface area contributed by atoms with Crippen LogP contribution in [0.2, 0.25) is 0 Å². The van der Waals surface area contributed by atoms with Gasteiger partial charge in [-0.2, -0.15) is 0 Å². The first-order valence-corrected chi connectivity index (χ1v) is 9.83. The van der Waals surface area contributed by atoms with Crippen LogP contribution in [0.1, 0.15) is 17.4 Å². The monoisotopic (exact) mass is 364 g/mol. The van der Waals surface area contributed by atoms with E-state index in [2.05, 4.69) is 23.2 Å². The van der Waals surface area contributed by atoms with Gasteiger partial charge in [0.05, 0.1) is 10.6 Å². The van der Waals surface area contributed by atoms with Gasteiger partial charge in [0.2, 0.25) is 0 Å². The van der Waals surface area contributed by atoms with Crippen molar-refractivity contribution in [2.45, 2.75) is 6.92 Å². The number of hydrogen-bond donors (Lipinski definition) is 0. The van der Waals surface area contributed by atoms with Gasteiger partial charge in [0, 0.05) is 17.3 Å². The predicted molar refractivity (Wildman–Crippen MR) is 107 cm³/mol. The SMILES string of the molecule is CCN(C(=O)c1csc(-c2cccs2)n1)c1cccc2ccccc12. The number of carbonyl (C=O) groups is 1. The number of rotatable bonds is 4. The summed E-state index contributed by atoms with van der Waals surface area (Å²) in [5, 5.41) is 6.97. The Morgan fingerprint density at radius 1 is 1.04 bits per heavy atom. The van der Waals surface area contributed by atoms with E-state index < -0.39 is 0 Å². The van der Waals surface area contributed by atoms with Crippen LogP contribution in [0.25, 0.3) is 20.7 Å². The summed E-state index contributed by atoms with van der Waals surface area (Å²) in [6, 6.07) is 18.2. The number of aromatic nitrogens is 1. The molecule has 0 unspecified atom stereocenters. The van der Waals surface area contributed by atoms with E-state index in [-0.39, 0.29) is 5.91 Å². The molecule has 0 aliphatic rings. The third-order valence-electron chi connectivity index (χ3n) is 4.07. The van der Waals surface area contributed by atoms with E-state index in [1.807, 2.05) is 54.1 Å². The van der Waals surface area contributed by atoms with Crippen LogP contribution in [0.5, 0.6) is 0 Å². The first-order chi connectivity index (χ1) is 12.3. The molecule has 1 amide bonds. The maximum absolute atomic E-state index is 13.1. The Bertz CT molecular complexity index is 1020. The lowest BCUT2D eigenvalue weighted by Gasteiger charge is -2.22. The van der Waals surface area contributed by atoms with Crippen LogP contribution < -0.4 is 4.90 Å². The molecule has 25 heavy (non-hydrogen) atoms. The molecule has 4 rings (SSSR count). The van der Waals surface area contributed by atoms with Gasteiger partial charge in [-0.1, -0.05) is 42.5 Å². The summed E-state index contributed by atoms with van der Waals surface area (Å²) in [6.45, 7) is 2.59. The molecule has 2 heterocycles. The van der Waals surface area contributed by atoms with Crippen molar-refractivity contribution in [1.29, 1.82) is 0 Å². The fourth-order valence-electron chi connectivity index (χ4n) is 2.89. The first-order valence-electron chi connectivity index (χ1n) is 8.07. The van der Waals surface area contributed by atoms with E-state index in [9.17, 15) is 4.79 Å². The third-order valence-corrected chi connectivity index (χ3v) is 5.96. The summed E-state index contributed by atoms with van der Waals surface area (Å²) >= 11 is 3.15. The van der Waals surface area contributed by atoms with Crippen LogP contribution in [-0.4, -0.2) is 17.4 Å². The number of hydrogen-bond acceptors (Lipinski definition) is 4. The molecule has 2 aromatic carbocycles. The van der Waals surface area contributed by atoms with Crippen LogP contribution in [0, 0.1) is 0 Å². The topological polar surface area (TPSA) is 33.2 Å². The molecule has 0 N–H and O–H groups in total. The minimum absolute atomic E-state index is 0.0575. The molecule has 4 aromatic rings. The van der Waals surface area contributed by atoms with E-state index in [4.69, 9.17) is 0 Å². The van der Waals surface area contributed by atoms with Gasteiger partial charge in [-0.25, -0.2) is 4.98 Å². The Kier molecular flexibility index (Phi) is 4.34. The van der Waals surface area contributed by atoms with Crippen molar-refractivity contribution in [1.82, 2.24) is 4.98 Å². The van der Waals surface area contributed by atoms with Gasteiger partial charge in [0.25, 0.3) is 5.91 Å². The van der Waals surface area contributed by atoms with Crippen molar-refractivity contribution in [3.8, 4) is 9.88 Å². The second-order valence-corrected chi connectivity index (χ2v) is 7.37. The summed E-state index contributed by atoms with van der Waals surface area (Å²) < 4.78 is 0. The van der Waals surface area contributed by atoms with Crippen molar-refractivity contribution >= 4 is 45.0 Å². The Morgan fingerprint density at radius 2 is 1.88 bits per heavy atom. The highest BCUT2D eigenvalue weighted by molar-refractivity contribution is 7.20. The van der Waals surface area contributed by atoms with E-state index in [0.717, 1.165) is 26.3 Å². The van der Waals surface area contributed by atoms with Crippen molar-refractivity contribution < 1.29 is 4.79 Å². The molecule has 0 radical (unpaired) electrons. The van der Waals surface area contributed by atoms with Crippen molar-refractivity contribution in [3.63, 3.8) is 0 Å². The number of thiophene rings is 1. The van der Waals surface area contributed by atoms with Gasteiger partial charge in [0.15, 0.2) is 0 Å². The molecule has 0 saturated carbocycles. The maximum atomic E-state index is 13.1. The third kappa shape index (κ3) is 2.97. The fourth-order valence-corrected chi connectivity index (χ4v) is 4.50. The zero-order valence-corrected chi connectivity index (χ0v) is 15.3. The lowest BCUT2D eigenvalue weighted by Crippen LogP contribution is -2.31. The van der Waals surface area contributed by atoms with E-state index in [0.29, 0.717) is 12.2 Å². The zero-order chi connectivity index (χ0) is 17.2. The number of fused-ring (bicyclic) bond motifs is 1. The summed E-state index contributed by atoms with van der Waals surface area (Å²) in [7, 11) is 0. The zero-order valence-electron chi connectivity index (χ0n) is 13.7. The quantitative estimate of drug-likeness (QED) is 0.466. The van der Waals surface area contributed by atoms with Gasteiger partial charge < -0.3 is 4.90 Å². The molecule has 2 aromatic heterocycles. The second-order valence-electron chi connectivity index (χ2n) is 5.56. The molecule has 0 fully saturated rings. The number of amides is 1. The highest BCUT2D eigenvalue weighted by Crippen LogP contribution is 2.31. The number of benzene rings is 2. The number of carbonyl (C=O) groups excluding carboxylic acids is 1. The van der Waals surface area contributed by atoms with Crippen molar-refractivity contribution in [2.24, 2.45) is 0 Å². The molecule has 0 bridgehead atoms. The van der Waals surface area contributed by atoms with Gasteiger partial charge >= 0.3 is 0 Å². The van der Waals surface area contributed by atoms with E-state index >= 15 is 0 Å². The Hall–Kier alpha value is -2.50. The summed E-state index contributed by atoms with van der Waals surface area (Å²) in [6.07, 6.45) is 0. The van der Waals surface area contributed by atoms with Gasteiger partial charge in [0.1, 0.15) is 10.7 Å². The predicted octanol–water partition coefficient (Wildman–Crippen LogP) is 5.69. The number of anilines is 1. The van der Waals surface area contributed by atoms with Crippen molar-refractivity contribution in [3.05, 3.63) is 71.1 Å². The number of nitrogens with zero attached hydrogens (tertiary/aromatic N) is 2. The average Bonchev–Trinajstić information content (AvgIpc) is 3.34. The Morgan fingerprint density at radius 3 is 2.68 bits per heavy atom. The highest BCUT2D eigenvalue weighted by atomic mass is 32.1. The van der Waals surface area contributed by atoms with Gasteiger partial charge in [-0.15, -0.1) is 22.7 Å². The average molecular weight is 364 g/mol. The highest BCUT2D eigenvalue weighted by Gasteiger charge is 2.21. The van der Waals surface area contributed by atoms with Crippen LogP contribution in [0.3, 0.4) is 0 Å². The lowest BCUT2D eigenvalue weighted by molar-refractivity contribution is 0.0984. The second kappa shape index (κ2) is 6.78. The van der Waals surface area contributed by atoms with Gasteiger partial charge in [-0.3, -0.25) is 4.79 Å². The molecule has 0 aliphatic carbocycles. The van der Waals surface area contributed by atoms with Crippen LogP contribution in [0.4, 0.5) is 5.69 Å². The summed E-state index contributed by atoms with van der Waals surface area (Å²) in [5.41, 5.74) is 1.43. The molecule has 0 atom stereocenters. The Labute approximate surface area is 154 Å². The Balaban J connectivity index is 1.72. The maximum Gasteiger partial charge on any atom is 0.277 e. The standard InChI is InChI=1S/C20H16N2OS2/c1-2-22(17-10-5-8-14-7-3-4-9-15(14)17)20(23)16-13-25-19(21-16)18-11-6-12-24-18/h3-13H,2H2,1H3. The fraction of sp³-hybridized carbons (Fsp3) is 0.100. The largest absolute Gasteiger partial charge is 0.307 e. The molecule has 124 valence electrons. The molecule has 0 saturated heterocycles. The molecular weight excluding hydrogens is 348 g/mol. The van der Waals surface area contributed by atoms with Gasteiger partial charge in [-0.05, 0) is 29.8 Å². The van der Waals surface area contributed by atoms with Crippen LogP contribution >= 0.6 is 22.7 Å². The minimum atomic E-state index is -0.0575. The van der Waals surface area contributed by atoms with Crippen LogP contribution in [-0.2, 0) is 0 Å². The summed E-state index contributed by atoms with van der Waals surface area (Å²) in [5.74, 6) is -0.0575. The molecular formula is C20H16N2OS2.